The molecule has 0 atom stereocenters. The fraction of sp³-hybridized carbons (Fsp3) is 0.500. The third kappa shape index (κ3) is 4.04. The average Bonchev–Trinajstić information content (AvgIpc) is 2.36. The van der Waals surface area contributed by atoms with E-state index in [1.54, 1.807) is 0 Å². The maximum atomic E-state index is 12.0. The number of carbonyl (C=O) groups is 1. The van der Waals surface area contributed by atoms with E-state index in [1.807, 2.05) is 32.0 Å². The largest absolute Gasteiger partial charge is 0.494 e. The highest BCUT2D eigenvalue weighted by Crippen LogP contribution is 2.20. The van der Waals surface area contributed by atoms with Gasteiger partial charge in [-0.05, 0) is 43.5 Å². The van der Waals surface area contributed by atoms with Gasteiger partial charge >= 0.3 is 0 Å². The predicted octanol–water partition coefficient (Wildman–Crippen LogP) is 3.85. The number of halogens is 1. The van der Waals surface area contributed by atoms with Crippen LogP contribution < -0.4 is 4.74 Å². The molecule has 3 heteroatoms. The molecule has 0 unspecified atom stereocenters. The van der Waals surface area contributed by atoms with Crippen LogP contribution in [0.15, 0.2) is 18.2 Å². The Hall–Kier alpha value is -1.02. The zero-order valence-corrected chi connectivity index (χ0v) is 11.2. The van der Waals surface area contributed by atoms with E-state index in [0.717, 1.165) is 29.7 Å². The minimum absolute atomic E-state index is 0.172. The summed E-state index contributed by atoms with van der Waals surface area (Å²) in [7, 11) is 0. The molecule has 0 aliphatic heterocycles. The molecule has 1 rings (SSSR count). The molecule has 0 spiro atoms. The van der Waals surface area contributed by atoms with E-state index in [4.69, 9.17) is 16.3 Å². The Morgan fingerprint density at radius 1 is 1.35 bits per heavy atom. The van der Waals surface area contributed by atoms with Crippen LogP contribution in [-0.2, 0) is 6.42 Å². The summed E-state index contributed by atoms with van der Waals surface area (Å²) in [6.45, 7) is 4.64. The smallest absolute Gasteiger partial charge is 0.163 e. The summed E-state index contributed by atoms with van der Waals surface area (Å²) in [6.07, 6.45) is 2.09. The number of ether oxygens (including phenoxy) is 1. The van der Waals surface area contributed by atoms with Crippen LogP contribution in [0.5, 0.6) is 5.75 Å². The van der Waals surface area contributed by atoms with Gasteiger partial charge in [0.25, 0.3) is 0 Å². The van der Waals surface area contributed by atoms with E-state index in [9.17, 15) is 4.79 Å². The van der Waals surface area contributed by atoms with Crippen molar-refractivity contribution in [2.75, 3.05) is 12.5 Å². The molecule has 0 saturated heterocycles. The molecule has 1 aromatic carbocycles. The van der Waals surface area contributed by atoms with Crippen LogP contribution in [-0.4, -0.2) is 18.3 Å². The maximum absolute atomic E-state index is 12.0. The lowest BCUT2D eigenvalue weighted by atomic mass is 9.99. The Morgan fingerprint density at radius 2 is 2.12 bits per heavy atom. The number of carbonyl (C=O) groups excluding carboxylic acids is 1. The van der Waals surface area contributed by atoms with Gasteiger partial charge in [-0.1, -0.05) is 6.92 Å². The van der Waals surface area contributed by atoms with Gasteiger partial charge in [-0.3, -0.25) is 4.79 Å². The Bertz CT molecular complexity index is 374. The third-order valence-electron chi connectivity index (χ3n) is 2.61. The highest BCUT2D eigenvalue weighted by Gasteiger charge is 2.11. The zero-order chi connectivity index (χ0) is 12.7. The number of aryl methyl sites for hydroxylation is 1. The Morgan fingerprint density at radius 3 is 2.71 bits per heavy atom. The Kier molecular flexibility index (Phi) is 6.06. The van der Waals surface area contributed by atoms with Crippen molar-refractivity contribution in [1.29, 1.82) is 0 Å². The molecule has 2 nitrogen and oxygen atoms in total. The second-order valence-corrected chi connectivity index (χ2v) is 4.20. The summed E-state index contributed by atoms with van der Waals surface area (Å²) in [5, 5.41) is 0. The summed E-state index contributed by atoms with van der Waals surface area (Å²) < 4.78 is 5.43. The van der Waals surface area contributed by atoms with Crippen LogP contribution in [0.1, 0.15) is 42.6 Å². The van der Waals surface area contributed by atoms with Crippen molar-refractivity contribution in [3.05, 3.63) is 29.3 Å². The molecule has 0 radical (unpaired) electrons. The van der Waals surface area contributed by atoms with Gasteiger partial charge < -0.3 is 4.74 Å². The van der Waals surface area contributed by atoms with Crippen LogP contribution in [0.4, 0.5) is 0 Å². The molecule has 0 aromatic heterocycles. The molecule has 0 fully saturated rings. The highest BCUT2D eigenvalue weighted by molar-refractivity contribution is 6.18. The fourth-order valence-corrected chi connectivity index (χ4v) is 1.89. The van der Waals surface area contributed by atoms with E-state index in [-0.39, 0.29) is 5.78 Å². The van der Waals surface area contributed by atoms with Gasteiger partial charge in [-0.2, -0.15) is 0 Å². The fourth-order valence-electron chi connectivity index (χ4n) is 1.75. The summed E-state index contributed by atoms with van der Waals surface area (Å²) in [4.78, 5) is 12.0. The van der Waals surface area contributed by atoms with Gasteiger partial charge in [0, 0.05) is 17.9 Å². The molecule has 0 N–H and O–H groups in total. The maximum Gasteiger partial charge on any atom is 0.163 e. The van der Waals surface area contributed by atoms with Crippen LogP contribution in [0.25, 0.3) is 0 Å². The molecule has 0 heterocycles. The SMILES string of the molecule is CCOc1ccc(C(=O)CCCCl)c(CC)c1. The van der Waals surface area contributed by atoms with Gasteiger partial charge in [-0.15, -0.1) is 11.6 Å². The van der Waals surface area contributed by atoms with Crippen molar-refractivity contribution >= 4 is 17.4 Å². The molecular weight excluding hydrogens is 236 g/mol. The molecule has 0 aliphatic carbocycles. The number of hydrogen-bond donors (Lipinski definition) is 0. The quantitative estimate of drug-likeness (QED) is 0.546. The van der Waals surface area contributed by atoms with Gasteiger partial charge in [0.2, 0.25) is 0 Å². The second-order valence-electron chi connectivity index (χ2n) is 3.82. The van der Waals surface area contributed by atoms with Crippen LogP contribution in [0.2, 0.25) is 0 Å². The lowest BCUT2D eigenvalue weighted by Gasteiger charge is -2.10. The van der Waals surface area contributed by atoms with E-state index in [0.29, 0.717) is 18.9 Å². The average molecular weight is 255 g/mol. The third-order valence-corrected chi connectivity index (χ3v) is 2.87. The van der Waals surface area contributed by atoms with Crippen molar-refractivity contribution in [2.24, 2.45) is 0 Å². The van der Waals surface area contributed by atoms with Crippen LogP contribution in [0.3, 0.4) is 0 Å². The monoisotopic (exact) mass is 254 g/mol. The summed E-state index contributed by atoms with van der Waals surface area (Å²) in [5.41, 5.74) is 1.86. The Labute approximate surface area is 108 Å². The normalized spacial score (nSPS) is 10.3. The highest BCUT2D eigenvalue weighted by atomic mass is 35.5. The van der Waals surface area contributed by atoms with Crippen molar-refractivity contribution in [3.63, 3.8) is 0 Å². The molecule has 0 amide bonds. The number of benzene rings is 1. The summed E-state index contributed by atoms with van der Waals surface area (Å²) >= 11 is 5.60. The first-order valence-corrected chi connectivity index (χ1v) is 6.61. The topological polar surface area (TPSA) is 26.3 Å². The lowest BCUT2D eigenvalue weighted by Crippen LogP contribution is -2.04. The first-order chi connectivity index (χ1) is 8.22. The van der Waals surface area contributed by atoms with Gasteiger partial charge in [0.1, 0.15) is 5.75 Å². The molecule has 0 bridgehead atoms. The van der Waals surface area contributed by atoms with Crippen molar-refractivity contribution in [3.8, 4) is 5.75 Å². The second kappa shape index (κ2) is 7.33. The number of alkyl halides is 1. The lowest BCUT2D eigenvalue weighted by molar-refractivity contribution is 0.0981. The molecular formula is C14H19ClO2. The van der Waals surface area contributed by atoms with E-state index >= 15 is 0 Å². The predicted molar refractivity (Wildman–Crippen MR) is 71.3 cm³/mol. The Balaban J connectivity index is 2.87. The standard InChI is InChI=1S/C14H19ClO2/c1-3-11-10-12(17-4-2)7-8-13(11)14(16)6-5-9-15/h7-8,10H,3-6,9H2,1-2H3. The van der Waals surface area contributed by atoms with E-state index in [2.05, 4.69) is 0 Å². The zero-order valence-electron chi connectivity index (χ0n) is 10.5. The number of hydrogen-bond acceptors (Lipinski definition) is 2. The van der Waals surface area contributed by atoms with Gasteiger partial charge in [-0.25, -0.2) is 0 Å². The number of rotatable bonds is 7. The van der Waals surface area contributed by atoms with Crippen molar-refractivity contribution in [2.45, 2.75) is 33.1 Å². The molecule has 17 heavy (non-hydrogen) atoms. The molecule has 94 valence electrons. The van der Waals surface area contributed by atoms with E-state index < -0.39 is 0 Å². The van der Waals surface area contributed by atoms with Gasteiger partial charge in [0.15, 0.2) is 5.78 Å². The minimum Gasteiger partial charge on any atom is -0.494 e. The first kappa shape index (κ1) is 14.0. The number of Topliss-reactive ketones (excluding diaryl/α,β-unsaturated/α-hetero) is 1. The summed E-state index contributed by atoms with van der Waals surface area (Å²) in [6, 6.07) is 5.68. The minimum atomic E-state index is 0.172. The number of ketones is 1. The molecule has 0 aliphatic rings. The molecule has 1 aromatic rings. The van der Waals surface area contributed by atoms with Crippen molar-refractivity contribution < 1.29 is 9.53 Å². The van der Waals surface area contributed by atoms with E-state index in [1.165, 1.54) is 0 Å². The van der Waals surface area contributed by atoms with Crippen molar-refractivity contribution in [1.82, 2.24) is 0 Å². The van der Waals surface area contributed by atoms with Crippen LogP contribution in [0, 0.1) is 0 Å². The first-order valence-electron chi connectivity index (χ1n) is 6.07. The van der Waals surface area contributed by atoms with Crippen LogP contribution >= 0.6 is 11.6 Å². The summed E-state index contributed by atoms with van der Waals surface area (Å²) in [5.74, 6) is 1.54. The van der Waals surface area contributed by atoms with Gasteiger partial charge in [0.05, 0.1) is 6.61 Å². The molecule has 0 saturated carbocycles.